The van der Waals surface area contributed by atoms with Gasteiger partial charge in [-0.3, -0.25) is 0 Å². The molecule has 1 aromatic carbocycles. The molecule has 102 valence electrons. The Morgan fingerprint density at radius 3 is 2.58 bits per heavy atom. The number of nitrogens with zero attached hydrogens (tertiary/aromatic N) is 2. The molecule has 0 aliphatic rings. The Kier molecular flexibility index (Phi) is 4.19. The lowest BCUT2D eigenvalue weighted by Gasteiger charge is -2.11. The summed E-state index contributed by atoms with van der Waals surface area (Å²) in [6, 6.07) is 5.41. The van der Waals surface area contributed by atoms with E-state index in [4.69, 9.17) is 28.9 Å². The SMILES string of the molecule is Cc1nn(-c2ccc(Cl)cc2Cl)c(C)c1C(C)CN. The highest BCUT2D eigenvalue weighted by atomic mass is 35.5. The highest BCUT2D eigenvalue weighted by Crippen LogP contribution is 2.29. The van der Waals surface area contributed by atoms with E-state index in [1.165, 1.54) is 5.56 Å². The number of benzene rings is 1. The monoisotopic (exact) mass is 297 g/mol. The predicted molar refractivity (Wildman–Crippen MR) is 80.5 cm³/mol. The molecule has 3 nitrogen and oxygen atoms in total. The van der Waals surface area contributed by atoms with Crippen molar-refractivity contribution >= 4 is 23.2 Å². The Balaban J connectivity index is 2.58. The summed E-state index contributed by atoms with van der Waals surface area (Å²) in [4.78, 5) is 0. The molecule has 0 aliphatic carbocycles. The van der Waals surface area contributed by atoms with Crippen molar-refractivity contribution in [1.29, 1.82) is 0 Å². The molecule has 1 unspecified atom stereocenters. The highest BCUT2D eigenvalue weighted by Gasteiger charge is 2.18. The van der Waals surface area contributed by atoms with Gasteiger partial charge < -0.3 is 5.73 Å². The maximum absolute atomic E-state index is 6.24. The van der Waals surface area contributed by atoms with E-state index in [2.05, 4.69) is 12.0 Å². The van der Waals surface area contributed by atoms with Gasteiger partial charge in [0.1, 0.15) is 0 Å². The van der Waals surface area contributed by atoms with Crippen molar-refractivity contribution in [2.45, 2.75) is 26.7 Å². The quantitative estimate of drug-likeness (QED) is 0.935. The van der Waals surface area contributed by atoms with Crippen LogP contribution in [0.25, 0.3) is 5.69 Å². The number of halogens is 2. The second-order valence-electron chi connectivity index (χ2n) is 4.73. The van der Waals surface area contributed by atoms with Crippen LogP contribution in [0.3, 0.4) is 0 Å². The third kappa shape index (κ3) is 2.64. The number of hydrogen-bond acceptors (Lipinski definition) is 2. The van der Waals surface area contributed by atoms with Crippen LogP contribution in [0.15, 0.2) is 18.2 Å². The van der Waals surface area contributed by atoms with Crippen LogP contribution in [0.5, 0.6) is 0 Å². The predicted octanol–water partition coefficient (Wildman–Crippen LogP) is 3.86. The molecule has 0 fully saturated rings. The molecular formula is C14H17Cl2N3. The van der Waals surface area contributed by atoms with E-state index >= 15 is 0 Å². The van der Waals surface area contributed by atoms with Crippen molar-refractivity contribution in [1.82, 2.24) is 9.78 Å². The Morgan fingerprint density at radius 2 is 2.00 bits per heavy atom. The van der Waals surface area contributed by atoms with E-state index in [-0.39, 0.29) is 5.92 Å². The van der Waals surface area contributed by atoms with Crippen LogP contribution in [0.4, 0.5) is 0 Å². The zero-order chi connectivity index (χ0) is 14.2. The lowest BCUT2D eigenvalue weighted by molar-refractivity contribution is 0.759. The molecule has 0 spiro atoms. The van der Waals surface area contributed by atoms with Gasteiger partial charge >= 0.3 is 0 Å². The van der Waals surface area contributed by atoms with Crippen molar-refractivity contribution in [2.24, 2.45) is 5.73 Å². The molecule has 5 heteroatoms. The van der Waals surface area contributed by atoms with Crippen LogP contribution in [0.2, 0.25) is 10.0 Å². The number of hydrogen-bond donors (Lipinski definition) is 1. The van der Waals surface area contributed by atoms with E-state index in [1.54, 1.807) is 6.07 Å². The fourth-order valence-electron chi connectivity index (χ4n) is 2.37. The zero-order valence-corrected chi connectivity index (χ0v) is 12.8. The van der Waals surface area contributed by atoms with Crippen molar-refractivity contribution in [3.63, 3.8) is 0 Å². The molecule has 0 amide bonds. The Morgan fingerprint density at radius 1 is 1.32 bits per heavy atom. The third-order valence-electron chi connectivity index (χ3n) is 3.33. The number of nitrogens with two attached hydrogens (primary N) is 1. The molecule has 1 heterocycles. The molecule has 0 saturated carbocycles. The van der Waals surface area contributed by atoms with Gasteiger partial charge in [0.15, 0.2) is 0 Å². The van der Waals surface area contributed by atoms with Gasteiger partial charge in [-0.1, -0.05) is 30.1 Å². The number of aromatic nitrogens is 2. The summed E-state index contributed by atoms with van der Waals surface area (Å²) < 4.78 is 1.86. The van der Waals surface area contributed by atoms with Crippen molar-refractivity contribution < 1.29 is 0 Å². The molecule has 19 heavy (non-hydrogen) atoms. The molecule has 0 radical (unpaired) electrons. The zero-order valence-electron chi connectivity index (χ0n) is 11.2. The number of aryl methyl sites for hydroxylation is 1. The minimum absolute atomic E-state index is 0.278. The summed E-state index contributed by atoms with van der Waals surface area (Å²) in [5, 5.41) is 5.78. The molecular weight excluding hydrogens is 281 g/mol. The highest BCUT2D eigenvalue weighted by molar-refractivity contribution is 6.35. The summed E-state index contributed by atoms with van der Waals surface area (Å²) in [5.41, 5.74) is 9.84. The molecule has 2 aromatic rings. The summed E-state index contributed by atoms with van der Waals surface area (Å²) in [6.07, 6.45) is 0. The molecule has 2 N–H and O–H groups in total. The third-order valence-corrected chi connectivity index (χ3v) is 3.87. The van der Waals surface area contributed by atoms with Crippen LogP contribution in [0.1, 0.15) is 29.8 Å². The van der Waals surface area contributed by atoms with Crippen LogP contribution in [0, 0.1) is 13.8 Å². The molecule has 0 bridgehead atoms. The maximum Gasteiger partial charge on any atom is 0.0836 e. The summed E-state index contributed by atoms with van der Waals surface area (Å²) in [7, 11) is 0. The minimum atomic E-state index is 0.278. The lowest BCUT2D eigenvalue weighted by Crippen LogP contribution is -2.10. The molecule has 0 aliphatic heterocycles. The van der Waals surface area contributed by atoms with Gasteiger partial charge in [-0.05, 0) is 44.5 Å². The molecule has 1 aromatic heterocycles. The van der Waals surface area contributed by atoms with Gasteiger partial charge in [0.05, 0.1) is 16.4 Å². The van der Waals surface area contributed by atoms with Gasteiger partial charge in [0.25, 0.3) is 0 Å². The molecule has 1 atom stereocenters. The molecule has 2 rings (SSSR count). The van der Waals surface area contributed by atoms with E-state index in [9.17, 15) is 0 Å². The van der Waals surface area contributed by atoms with Gasteiger partial charge in [-0.15, -0.1) is 0 Å². The van der Waals surface area contributed by atoms with Crippen LogP contribution >= 0.6 is 23.2 Å². The smallest absolute Gasteiger partial charge is 0.0836 e. The van der Waals surface area contributed by atoms with Crippen LogP contribution in [-0.2, 0) is 0 Å². The van der Waals surface area contributed by atoms with E-state index in [1.807, 2.05) is 30.7 Å². The summed E-state index contributed by atoms with van der Waals surface area (Å²) in [6.45, 7) is 6.73. The maximum atomic E-state index is 6.24. The Bertz CT molecular complexity index is 605. The Labute approximate surface area is 123 Å². The van der Waals surface area contributed by atoms with Crippen LogP contribution in [-0.4, -0.2) is 16.3 Å². The first-order chi connectivity index (χ1) is 8.95. The van der Waals surface area contributed by atoms with Crippen molar-refractivity contribution in [3.8, 4) is 5.69 Å². The fourth-order valence-corrected chi connectivity index (χ4v) is 2.86. The lowest BCUT2D eigenvalue weighted by atomic mass is 9.99. The average Bonchev–Trinajstić information content (AvgIpc) is 2.64. The Hall–Kier alpha value is -1.03. The second-order valence-corrected chi connectivity index (χ2v) is 5.57. The first-order valence-corrected chi connectivity index (χ1v) is 6.93. The van der Waals surface area contributed by atoms with Crippen LogP contribution < -0.4 is 5.73 Å². The first kappa shape index (κ1) is 14.4. The van der Waals surface area contributed by atoms with E-state index in [0.29, 0.717) is 16.6 Å². The summed E-state index contributed by atoms with van der Waals surface area (Å²) in [5.74, 6) is 0.278. The standard InChI is InChI=1S/C14H17Cl2N3/c1-8(7-17)14-9(2)18-19(10(14)3)13-5-4-11(15)6-12(13)16/h4-6,8H,7,17H2,1-3H3. The molecule has 0 saturated heterocycles. The largest absolute Gasteiger partial charge is 0.330 e. The topological polar surface area (TPSA) is 43.8 Å². The fraction of sp³-hybridized carbons (Fsp3) is 0.357. The number of rotatable bonds is 3. The van der Waals surface area contributed by atoms with Crippen molar-refractivity contribution in [3.05, 3.63) is 45.2 Å². The minimum Gasteiger partial charge on any atom is -0.330 e. The normalized spacial score (nSPS) is 12.7. The summed E-state index contributed by atoms with van der Waals surface area (Å²) >= 11 is 12.2. The first-order valence-electron chi connectivity index (χ1n) is 6.17. The van der Waals surface area contributed by atoms with E-state index < -0.39 is 0 Å². The van der Waals surface area contributed by atoms with E-state index in [0.717, 1.165) is 17.1 Å². The average molecular weight is 298 g/mol. The van der Waals surface area contributed by atoms with Crippen molar-refractivity contribution in [2.75, 3.05) is 6.54 Å². The van der Waals surface area contributed by atoms with Gasteiger partial charge in [-0.25, -0.2) is 4.68 Å². The van der Waals surface area contributed by atoms with Gasteiger partial charge in [0, 0.05) is 16.3 Å². The van der Waals surface area contributed by atoms with Gasteiger partial charge in [0.2, 0.25) is 0 Å². The second kappa shape index (κ2) is 5.53. The van der Waals surface area contributed by atoms with Gasteiger partial charge in [-0.2, -0.15) is 5.10 Å².